The fourth-order valence-corrected chi connectivity index (χ4v) is 2.89. The van der Waals surface area contributed by atoms with Gasteiger partial charge < -0.3 is 19.6 Å². The van der Waals surface area contributed by atoms with Gasteiger partial charge in [-0.2, -0.15) is 0 Å². The molecule has 1 fully saturated rings. The molecule has 0 atom stereocenters. The van der Waals surface area contributed by atoms with Gasteiger partial charge in [0.05, 0.1) is 0 Å². The fourth-order valence-electron chi connectivity index (χ4n) is 2.89. The Morgan fingerprint density at radius 1 is 0.350 bits per heavy atom. The lowest BCUT2D eigenvalue weighted by atomic mass is 10.3. The predicted molar refractivity (Wildman–Crippen MR) is 88.5 cm³/mol. The summed E-state index contributed by atoms with van der Waals surface area (Å²) in [7, 11) is 9.05. The summed E-state index contributed by atoms with van der Waals surface area (Å²) < 4.78 is 0. The molecule has 0 aliphatic carbocycles. The van der Waals surface area contributed by atoms with Gasteiger partial charge in [0, 0.05) is 0 Å². The molecule has 1 aliphatic rings. The molecular weight excluding hydrogens is 248 g/mol. The molecule has 0 aromatic heterocycles. The van der Waals surface area contributed by atoms with Gasteiger partial charge in [0.25, 0.3) is 0 Å². The lowest BCUT2D eigenvalue weighted by Crippen LogP contribution is -2.32. The van der Waals surface area contributed by atoms with Crippen LogP contribution >= 0.6 is 0 Å². The molecule has 0 amide bonds. The Kier molecular flexibility index (Phi) is 9.44. The molecule has 0 radical (unpaired) electrons. The highest BCUT2D eigenvalue weighted by molar-refractivity contribution is 4.62. The first kappa shape index (κ1) is 17.9. The Balaban J connectivity index is 2.34. The van der Waals surface area contributed by atoms with Gasteiger partial charge in [-0.05, 0) is 106 Å². The van der Waals surface area contributed by atoms with E-state index in [0.717, 1.165) is 0 Å². The molecule has 1 aliphatic heterocycles. The number of hydrogen-bond donors (Lipinski definition) is 0. The van der Waals surface area contributed by atoms with Crippen LogP contribution in [0, 0.1) is 0 Å². The van der Waals surface area contributed by atoms with Gasteiger partial charge in [-0.15, -0.1) is 0 Å². The Hall–Kier alpha value is -0.160. The highest BCUT2D eigenvalue weighted by Crippen LogP contribution is 1.99. The second kappa shape index (κ2) is 10.6. The predicted octanol–water partition coefficient (Wildman–Crippen LogP) is 1.29. The van der Waals surface area contributed by atoms with Crippen molar-refractivity contribution in [1.82, 2.24) is 19.6 Å². The van der Waals surface area contributed by atoms with E-state index in [1.54, 1.807) is 0 Å². The van der Waals surface area contributed by atoms with Crippen LogP contribution in [-0.4, -0.2) is 100 Å². The van der Waals surface area contributed by atoms with Crippen molar-refractivity contribution >= 4 is 0 Å². The zero-order valence-corrected chi connectivity index (χ0v) is 14.3. The molecule has 0 bridgehead atoms. The first-order valence-electron chi connectivity index (χ1n) is 8.32. The molecular formula is C16H36N4. The maximum absolute atomic E-state index is 2.49. The van der Waals surface area contributed by atoms with E-state index in [2.05, 4.69) is 47.8 Å². The molecule has 0 spiro atoms. The maximum atomic E-state index is 2.49. The molecule has 1 saturated heterocycles. The van der Waals surface area contributed by atoms with Crippen LogP contribution in [0.1, 0.15) is 25.7 Å². The lowest BCUT2D eigenvalue weighted by Gasteiger charge is -2.24. The van der Waals surface area contributed by atoms with E-state index in [-0.39, 0.29) is 0 Å². The van der Waals surface area contributed by atoms with E-state index in [0.29, 0.717) is 0 Å². The summed E-state index contributed by atoms with van der Waals surface area (Å²) in [6.07, 6.45) is 5.16. The molecule has 4 nitrogen and oxygen atoms in total. The van der Waals surface area contributed by atoms with E-state index in [9.17, 15) is 0 Å². The monoisotopic (exact) mass is 284 g/mol. The molecule has 0 aromatic carbocycles. The van der Waals surface area contributed by atoms with Gasteiger partial charge in [0.15, 0.2) is 0 Å². The van der Waals surface area contributed by atoms with Crippen molar-refractivity contribution in [3.8, 4) is 0 Å². The Morgan fingerprint density at radius 3 is 0.650 bits per heavy atom. The standard InChI is InChI=1S/C16H36N4/c1-17-9-5-11-18(2)13-7-15-20(4)16-8-14-19(3)12-6-10-17/h5-16H2,1-4H3. The van der Waals surface area contributed by atoms with Crippen LogP contribution in [0.15, 0.2) is 0 Å². The minimum Gasteiger partial charge on any atom is -0.306 e. The second-order valence-electron chi connectivity index (χ2n) is 6.63. The Bertz CT molecular complexity index is 171. The highest BCUT2D eigenvalue weighted by atomic mass is 15.1. The maximum Gasteiger partial charge on any atom is -0.000959 e. The van der Waals surface area contributed by atoms with Crippen molar-refractivity contribution in [3.05, 3.63) is 0 Å². The van der Waals surface area contributed by atoms with Crippen molar-refractivity contribution < 1.29 is 0 Å². The fraction of sp³-hybridized carbons (Fsp3) is 1.00. The quantitative estimate of drug-likeness (QED) is 0.664. The van der Waals surface area contributed by atoms with Gasteiger partial charge in [0.2, 0.25) is 0 Å². The summed E-state index contributed by atoms with van der Waals surface area (Å²) in [5.74, 6) is 0. The van der Waals surface area contributed by atoms with Crippen LogP contribution in [0.2, 0.25) is 0 Å². The molecule has 0 aromatic rings. The average molecular weight is 284 g/mol. The highest BCUT2D eigenvalue weighted by Gasteiger charge is 2.06. The van der Waals surface area contributed by atoms with Gasteiger partial charge in [0.1, 0.15) is 0 Å². The third-order valence-electron chi connectivity index (χ3n) is 4.32. The number of hydrogen-bond acceptors (Lipinski definition) is 4. The summed E-state index contributed by atoms with van der Waals surface area (Å²) in [6, 6.07) is 0. The first-order chi connectivity index (χ1) is 9.58. The third kappa shape index (κ3) is 8.90. The Labute approximate surface area is 126 Å². The average Bonchev–Trinajstić information content (AvgIpc) is 2.37. The molecule has 120 valence electrons. The van der Waals surface area contributed by atoms with Crippen molar-refractivity contribution in [2.24, 2.45) is 0 Å². The normalized spacial score (nSPS) is 25.8. The van der Waals surface area contributed by atoms with Crippen LogP contribution < -0.4 is 0 Å². The van der Waals surface area contributed by atoms with Crippen LogP contribution in [0.3, 0.4) is 0 Å². The van der Waals surface area contributed by atoms with Gasteiger partial charge >= 0.3 is 0 Å². The third-order valence-corrected chi connectivity index (χ3v) is 4.32. The van der Waals surface area contributed by atoms with E-state index in [4.69, 9.17) is 0 Å². The lowest BCUT2D eigenvalue weighted by molar-refractivity contribution is 0.229. The van der Waals surface area contributed by atoms with Crippen molar-refractivity contribution in [2.75, 3.05) is 80.5 Å². The minimum absolute atomic E-state index is 1.23. The summed E-state index contributed by atoms with van der Waals surface area (Å²) in [5, 5.41) is 0. The van der Waals surface area contributed by atoms with Crippen molar-refractivity contribution in [1.29, 1.82) is 0 Å². The van der Waals surface area contributed by atoms with Gasteiger partial charge in [-0.1, -0.05) is 0 Å². The van der Waals surface area contributed by atoms with Crippen molar-refractivity contribution in [2.45, 2.75) is 25.7 Å². The summed E-state index contributed by atoms with van der Waals surface area (Å²) in [5.41, 5.74) is 0. The van der Waals surface area contributed by atoms with Crippen LogP contribution in [0.4, 0.5) is 0 Å². The molecule has 1 heterocycles. The molecule has 4 heteroatoms. The molecule has 0 unspecified atom stereocenters. The molecule has 0 N–H and O–H groups in total. The summed E-state index contributed by atoms with van der Waals surface area (Å²) >= 11 is 0. The first-order valence-corrected chi connectivity index (χ1v) is 8.32. The minimum atomic E-state index is 1.23. The second-order valence-corrected chi connectivity index (χ2v) is 6.63. The topological polar surface area (TPSA) is 13.0 Å². The van der Waals surface area contributed by atoms with E-state index < -0.39 is 0 Å². The zero-order chi connectivity index (χ0) is 14.8. The van der Waals surface area contributed by atoms with Crippen LogP contribution in [0.5, 0.6) is 0 Å². The SMILES string of the molecule is CN1CCCN(C)CCCN(C)CCCN(C)CCC1. The van der Waals surface area contributed by atoms with Crippen LogP contribution in [0.25, 0.3) is 0 Å². The zero-order valence-electron chi connectivity index (χ0n) is 14.3. The number of nitrogens with zero attached hydrogens (tertiary/aromatic N) is 4. The van der Waals surface area contributed by atoms with Crippen LogP contribution in [-0.2, 0) is 0 Å². The van der Waals surface area contributed by atoms with E-state index in [1.165, 1.54) is 78.0 Å². The smallest absolute Gasteiger partial charge is 0.000959 e. The Morgan fingerprint density at radius 2 is 0.500 bits per heavy atom. The van der Waals surface area contributed by atoms with E-state index >= 15 is 0 Å². The van der Waals surface area contributed by atoms with Gasteiger partial charge in [-0.3, -0.25) is 0 Å². The van der Waals surface area contributed by atoms with Crippen molar-refractivity contribution in [3.63, 3.8) is 0 Å². The number of rotatable bonds is 0. The van der Waals surface area contributed by atoms with Gasteiger partial charge in [-0.25, -0.2) is 0 Å². The molecule has 0 saturated carbocycles. The summed E-state index contributed by atoms with van der Waals surface area (Å²) in [6.45, 7) is 9.84. The molecule has 1 rings (SSSR count). The van der Waals surface area contributed by atoms with E-state index in [1.807, 2.05) is 0 Å². The molecule has 20 heavy (non-hydrogen) atoms. The summed E-state index contributed by atoms with van der Waals surface area (Å²) in [4.78, 5) is 9.95. The largest absolute Gasteiger partial charge is 0.306 e.